The van der Waals surface area contributed by atoms with Gasteiger partial charge in [0.2, 0.25) is 0 Å². The number of nitrogens with one attached hydrogen (secondary N) is 2. The third kappa shape index (κ3) is 3.32. The molecule has 2 N–H and O–H groups in total. The van der Waals surface area contributed by atoms with Crippen LogP contribution in [0.25, 0.3) is 11.1 Å². The second-order valence-corrected chi connectivity index (χ2v) is 5.37. The predicted molar refractivity (Wildman–Crippen MR) is 90.2 cm³/mol. The Kier molecular flexibility index (Phi) is 4.65. The van der Waals surface area contributed by atoms with Gasteiger partial charge in [-0.3, -0.25) is 4.79 Å². The quantitative estimate of drug-likeness (QED) is 0.530. The summed E-state index contributed by atoms with van der Waals surface area (Å²) in [6, 6.07) is 10.1. The first-order valence-corrected chi connectivity index (χ1v) is 7.82. The molecule has 3 aromatic rings. The lowest BCUT2D eigenvalue weighted by molar-refractivity contribution is 0.0501. The highest BCUT2D eigenvalue weighted by Crippen LogP contribution is 2.20. The first kappa shape index (κ1) is 15.9. The van der Waals surface area contributed by atoms with Gasteiger partial charge in [0.1, 0.15) is 5.69 Å². The fraction of sp³-hybridized carbons (Fsp3) is 0.222. The molecule has 0 aliphatic carbocycles. The van der Waals surface area contributed by atoms with E-state index in [4.69, 9.17) is 9.15 Å². The Balaban J connectivity index is 1.75. The normalized spacial score (nSPS) is 10.7. The molecule has 0 atom stereocenters. The smallest absolute Gasteiger partial charge is 0.340 e. The van der Waals surface area contributed by atoms with E-state index in [0.717, 1.165) is 18.4 Å². The molecule has 0 saturated carbocycles. The SMILES string of the molecule is CCCCOC(=O)c1ccccc1NC(=O)c1cc2occc2[nH]1. The molecule has 6 heteroatoms. The van der Waals surface area contributed by atoms with Gasteiger partial charge in [0, 0.05) is 12.1 Å². The Bertz CT molecular complexity index is 834. The number of aromatic amines is 1. The van der Waals surface area contributed by atoms with E-state index in [9.17, 15) is 9.59 Å². The van der Waals surface area contributed by atoms with E-state index < -0.39 is 5.97 Å². The van der Waals surface area contributed by atoms with E-state index >= 15 is 0 Å². The van der Waals surface area contributed by atoms with Gasteiger partial charge in [0.05, 0.1) is 29.6 Å². The second-order valence-electron chi connectivity index (χ2n) is 5.37. The van der Waals surface area contributed by atoms with Crippen LogP contribution in [0.3, 0.4) is 0 Å². The molecule has 0 unspecified atom stereocenters. The van der Waals surface area contributed by atoms with Crippen LogP contribution in [-0.4, -0.2) is 23.5 Å². The number of carbonyl (C=O) groups excluding carboxylic acids is 2. The third-order valence-electron chi connectivity index (χ3n) is 3.61. The Morgan fingerprint density at radius 1 is 1.25 bits per heavy atom. The molecule has 2 aromatic heterocycles. The molecule has 0 spiro atoms. The van der Waals surface area contributed by atoms with Crippen molar-refractivity contribution in [1.82, 2.24) is 4.98 Å². The summed E-state index contributed by atoms with van der Waals surface area (Å²) in [5.41, 5.74) is 2.45. The lowest BCUT2D eigenvalue weighted by Gasteiger charge is -2.10. The number of carbonyl (C=O) groups is 2. The van der Waals surface area contributed by atoms with Crippen LogP contribution in [0, 0.1) is 0 Å². The van der Waals surface area contributed by atoms with Gasteiger partial charge < -0.3 is 19.5 Å². The van der Waals surface area contributed by atoms with Crippen molar-refractivity contribution in [1.29, 1.82) is 0 Å². The maximum absolute atomic E-state index is 12.4. The zero-order chi connectivity index (χ0) is 16.9. The summed E-state index contributed by atoms with van der Waals surface area (Å²) in [4.78, 5) is 27.5. The van der Waals surface area contributed by atoms with Crippen LogP contribution in [0.2, 0.25) is 0 Å². The van der Waals surface area contributed by atoms with E-state index in [1.54, 1.807) is 42.7 Å². The van der Waals surface area contributed by atoms with E-state index in [1.807, 2.05) is 6.92 Å². The minimum Gasteiger partial charge on any atom is -0.463 e. The number of furan rings is 1. The van der Waals surface area contributed by atoms with Gasteiger partial charge in [-0.1, -0.05) is 25.5 Å². The second kappa shape index (κ2) is 7.04. The van der Waals surface area contributed by atoms with Crippen molar-refractivity contribution in [2.24, 2.45) is 0 Å². The summed E-state index contributed by atoms with van der Waals surface area (Å²) >= 11 is 0. The van der Waals surface area contributed by atoms with Crippen molar-refractivity contribution < 1.29 is 18.7 Å². The standard InChI is InChI=1S/C18H18N2O4/c1-2-3-9-24-18(22)12-6-4-5-7-13(12)20-17(21)15-11-16-14(19-15)8-10-23-16/h4-8,10-11,19H,2-3,9H2,1H3,(H,20,21). The van der Waals surface area contributed by atoms with Crippen LogP contribution >= 0.6 is 0 Å². The fourth-order valence-electron chi connectivity index (χ4n) is 2.32. The van der Waals surface area contributed by atoms with E-state index in [0.29, 0.717) is 29.1 Å². The number of hydrogen-bond donors (Lipinski definition) is 2. The number of anilines is 1. The van der Waals surface area contributed by atoms with Gasteiger partial charge in [-0.2, -0.15) is 0 Å². The molecular weight excluding hydrogens is 308 g/mol. The van der Waals surface area contributed by atoms with Crippen molar-refractivity contribution in [3.63, 3.8) is 0 Å². The molecule has 0 radical (unpaired) electrons. The molecule has 0 aliphatic heterocycles. The largest absolute Gasteiger partial charge is 0.463 e. The molecule has 2 heterocycles. The van der Waals surface area contributed by atoms with Gasteiger partial charge in [-0.25, -0.2) is 4.79 Å². The van der Waals surface area contributed by atoms with Crippen LogP contribution in [0.5, 0.6) is 0 Å². The highest BCUT2D eigenvalue weighted by atomic mass is 16.5. The number of ether oxygens (including phenoxy) is 1. The molecule has 1 amide bonds. The van der Waals surface area contributed by atoms with Gasteiger partial charge >= 0.3 is 5.97 Å². The van der Waals surface area contributed by atoms with Crippen LogP contribution in [-0.2, 0) is 4.74 Å². The molecule has 1 aromatic carbocycles. The molecule has 0 bridgehead atoms. The van der Waals surface area contributed by atoms with Crippen molar-refractivity contribution in [3.05, 3.63) is 53.9 Å². The Hall–Kier alpha value is -3.02. The van der Waals surface area contributed by atoms with Crippen LogP contribution < -0.4 is 5.32 Å². The number of amides is 1. The number of hydrogen-bond acceptors (Lipinski definition) is 4. The van der Waals surface area contributed by atoms with E-state index in [2.05, 4.69) is 10.3 Å². The van der Waals surface area contributed by atoms with Gasteiger partial charge in [0.25, 0.3) is 5.91 Å². The van der Waals surface area contributed by atoms with Crippen molar-refractivity contribution in [2.45, 2.75) is 19.8 Å². The predicted octanol–water partition coefficient (Wildman–Crippen LogP) is 3.97. The van der Waals surface area contributed by atoms with Gasteiger partial charge in [-0.05, 0) is 18.6 Å². The topological polar surface area (TPSA) is 84.3 Å². The van der Waals surface area contributed by atoms with Crippen molar-refractivity contribution in [2.75, 3.05) is 11.9 Å². The van der Waals surface area contributed by atoms with Crippen LogP contribution in [0.4, 0.5) is 5.69 Å². The van der Waals surface area contributed by atoms with Crippen molar-refractivity contribution in [3.8, 4) is 0 Å². The lowest BCUT2D eigenvalue weighted by Crippen LogP contribution is -2.16. The number of H-pyrrole nitrogens is 1. The zero-order valence-electron chi connectivity index (χ0n) is 13.3. The first-order valence-electron chi connectivity index (χ1n) is 7.82. The first-order chi connectivity index (χ1) is 11.7. The minimum absolute atomic E-state index is 0.331. The summed E-state index contributed by atoms with van der Waals surface area (Å²) < 4.78 is 10.4. The summed E-state index contributed by atoms with van der Waals surface area (Å²) in [6.07, 6.45) is 3.30. The number of para-hydroxylation sites is 1. The van der Waals surface area contributed by atoms with E-state index in [-0.39, 0.29) is 5.91 Å². The Labute approximate surface area is 138 Å². The summed E-state index contributed by atoms with van der Waals surface area (Å²) in [5, 5.41) is 2.74. The van der Waals surface area contributed by atoms with Crippen LogP contribution in [0.15, 0.2) is 47.1 Å². The molecule has 124 valence electrons. The monoisotopic (exact) mass is 326 g/mol. The zero-order valence-corrected chi connectivity index (χ0v) is 13.3. The number of benzene rings is 1. The average molecular weight is 326 g/mol. The lowest BCUT2D eigenvalue weighted by atomic mass is 10.1. The number of unbranched alkanes of at least 4 members (excludes halogenated alkanes) is 1. The highest BCUT2D eigenvalue weighted by Gasteiger charge is 2.16. The number of rotatable bonds is 6. The Morgan fingerprint density at radius 3 is 2.88 bits per heavy atom. The maximum atomic E-state index is 12.4. The molecular formula is C18H18N2O4. The molecule has 0 fully saturated rings. The maximum Gasteiger partial charge on any atom is 0.340 e. The molecule has 0 saturated heterocycles. The van der Waals surface area contributed by atoms with Gasteiger partial charge in [-0.15, -0.1) is 0 Å². The summed E-state index contributed by atoms with van der Waals surface area (Å²) in [6.45, 7) is 2.39. The number of esters is 1. The molecule has 24 heavy (non-hydrogen) atoms. The van der Waals surface area contributed by atoms with Crippen LogP contribution in [0.1, 0.15) is 40.6 Å². The summed E-state index contributed by atoms with van der Waals surface area (Å²) in [5.74, 6) is -0.796. The van der Waals surface area contributed by atoms with E-state index in [1.165, 1.54) is 0 Å². The number of aromatic nitrogens is 1. The fourth-order valence-corrected chi connectivity index (χ4v) is 2.32. The van der Waals surface area contributed by atoms with Crippen molar-refractivity contribution >= 4 is 28.7 Å². The third-order valence-corrected chi connectivity index (χ3v) is 3.61. The molecule has 0 aliphatic rings. The highest BCUT2D eigenvalue weighted by molar-refractivity contribution is 6.08. The minimum atomic E-state index is -0.445. The average Bonchev–Trinajstić information content (AvgIpc) is 3.17. The van der Waals surface area contributed by atoms with Gasteiger partial charge in [0.15, 0.2) is 5.58 Å². The molecule has 6 nitrogen and oxygen atoms in total. The number of fused-ring (bicyclic) bond motifs is 1. The molecule has 3 rings (SSSR count). The Morgan fingerprint density at radius 2 is 2.08 bits per heavy atom. The summed E-state index contributed by atoms with van der Waals surface area (Å²) in [7, 11) is 0.